The molecule has 2 saturated heterocycles. The van der Waals surface area contributed by atoms with Gasteiger partial charge in [-0.25, -0.2) is 0 Å². The fourth-order valence-electron chi connectivity index (χ4n) is 4.66. The summed E-state index contributed by atoms with van der Waals surface area (Å²) in [4.78, 5) is 26.9. The Balaban J connectivity index is 1.22. The number of nitrogens with one attached hydrogen (secondary N) is 2. The van der Waals surface area contributed by atoms with E-state index in [1.54, 1.807) is 6.26 Å². The molecule has 2 aliphatic heterocycles. The van der Waals surface area contributed by atoms with Gasteiger partial charge in [-0.15, -0.1) is 0 Å². The zero-order valence-corrected chi connectivity index (χ0v) is 17.4. The van der Waals surface area contributed by atoms with Gasteiger partial charge in [0.1, 0.15) is 5.76 Å². The van der Waals surface area contributed by atoms with Gasteiger partial charge in [0.15, 0.2) is 0 Å². The van der Waals surface area contributed by atoms with Gasteiger partial charge < -0.3 is 15.1 Å². The van der Waals surface area contributed by atoms with Crippen LogP contribution in [0.1, 0.15) is 49.8 Å². The van der Waals surface area contributed by atoms with Gasteiger partial charge in [0.05, 0.1) is 6.26 Å². The number of amides is 2. The number of carbonyl (C=O) groups is 2. The van der Waals surface area contributed by atoms with Crippen LogP contribution in [0.5, 0.6) is 0 Å². The Bertz CT molecular complexity index is 829. The fraction of sp³-hybridized carbons (Fsp3) is 0.500. The van der Waals surface area contributed by atoms with Gasteiger partial charge in [0, 0.05) is 50.5 Å². The Labute approximate surface area is 178 Å². The molecule has 0 unspecified atom stereocenters. The first kappa shape index (κ1) is 20.7. The van der Waals surface area contributed by atoms with Gasteiger partial charge in [0.25, 0.3) is 0 Å². The van der Waals surface area contributed by atoms with Crippen LogP contribution < -0.4 is 10.6 Å². The normalized spacial score (nSPS) is 22.7. The number of furan rings is 1. The van der Waals surface area contributed by atoms with E-state index >= 15 is 0 Å². The smallest absolute Gasteiger partial charge is 0.220 e. The summed E-state index contributed by atoms with van der Waals surface area (Å²) in [5.41, 5.74) is 0.964. The van der Waals surface area contributed by atoms with Crippen LogP contribution >= 0.6 is 0 Å². The Morgan fingerprint density at radius 3 is 2.63 bits per heavy atom. The second-order valence-electron chi connectivity index (χ2n) is 8.69. The number of likely N-dealkylation sites (tertiary alicyclic amines) is 1. The van der Waals surface area contributed by atoms with E-state index in [0.717, 1.165) is 44.7 Å². The second-order valence-corrected chi connectivity index (χ2v) is 8.69. The third-order valence-corrected chi connectivity index (χ3v) is 6.36. The van der Waals surface area contributed by atoms with Crippen LogP contribution in [0.4, 0.5) is 0 Å². The van der Waals surface area contributed by atoms with E-state index in [1.807, 2.05) is 18.2 Å². The topological polar surface area (TPSA) is 74.6 Å². The van der Waals surface area contributed by atoms with Gasteiger partial charge in [-0.3, -0.25) is 14.5 Å². The molecule has 2 aliphatic rings. The maximum atomic E-state index is 12.6. The van der Waals surface area contributed by atoms with E-state index in [4.69, 9.17) is 4.42 Å². The monoisotopic (exact) mass is 409 g/mol. The van der Waals surface area contributed by atoms with Crippen LogP contribution in [0.25, 0.3) is 0 Å². The van der Waals surface area contributed by atoms with Crippen molar-refractivity contribution in [2.75, 3.05) is 13.1 Å². The standard InChI is InChI=1S/C24H31N3O3/c28-22(8-12-24(13-9-23(29)26-24)17-21-7-4-16-30-21)25-20-10-14-27(15-11-20)18-19-5-2-1-3-6-19/h1-7,16,20H,8-15,17-18H2,(H,25,28)(H,26,29)/t24-/m1/s1. The Morgan fingerprint density at radius 1 is 1.17 bits per heavy atom. The highest BCUT2D eigenvalue weighted by Gasteiger charge is 2.38. The molecule has 6 heteroatoms. The number of rotatable bonds is 8. The summed E-state index contributed by atoms with van der Waals surface area (Å²) in [5, 5.41) is 6.32. The average molecular weight is 410 g/mol. The summed E-state index contributed by atoms with van der Waals surface area (Å²) in [7, 11) is 0. The van der Waals surface area contributed by atoms with Crippen molar-refractivity contribution >= 4 is 11.8 Å². The number of nitrogens with zero attached hydrogens (tertiary/aromatic N) is 1. The molecule has 0 spiro atoms. The molecule has 2 N–H and O–H groups in total. The van der Waals surface area contributed by atoms with Crippen molar-refractivity contribution in [3.63, 3.8) is 0 Å². The van der Waals surface area contributed by atoms with Gasteiger partial charge in [-0.1, -0.05) is 30.3 Å². The highest BCUT2D eigenvalue weighted by molar-refractivity contribution is 5.80. The SMILES string of the molecule is O=C(CC[C@]1(Cc2ccco2)CCC(=O)N1)NC1CCN(Cc2ccccc2)CC1. The molecule has 1 aromatic heterocycles. The van der Waals surface area contributed by atoms with Crippen molar-refractivity contribution in [1.82, 2.24) is 15.5 Å². The Hall–Kier alpha value is -2.60. The van der Waals surface area contributed by atoms with Gasteiger partial charge in [-0.2, -0.15) is 0 Å². The zero-order valence-electron chi connectivity index (χ0n) is 17.4. The van der Waals surface area contributed by atoms with Crippen LogP contribution in [0, 0.1) is 0 Å². The largest absolute Gasteiger partial charge is 0.469 e. The number of hydrogen-bond donors (Lipinski definition) is 2. The van der Waals surface area contributed by atoms with Gasteiger partial charge >= 0.3 is 0 Å². The van der Waals surface area contributed by atoms with Crippen LogP contribution in [0.2, 0.25) is 0 Å². The molecule has 160 valence electrons. The maximum Gasteiger partial charge on any atom is 0.220 e. The summed E-state index contributed by atoms with van der Waals surface area (Å²) >= 11 is 0. The van der Waals surface area contributed by atoms with Crippen molar-refractivity contribution in [3.05, 3.63) is 60.1 Å². The summed E-state index contributed by atoms with van der Waals surface area (Å²) in [6, 6.07) is 14.5. The molecule has 1 atom stereocenters. The molecule has 6 nitrogen and oxygen atoms in total. The molecular weight excluding hydrogens is 378 g/mol. The lowest BCUT2D eigenvalue weighted by atomic mass is 9.87. The first-order valence-electron chi connectivity index (χ1n) is 11.0. The predicted molar refractivity (Wildman–Crippen MR) is 115 cm³/mol. The molecule has 3 heterocycles. The molecule has 30 heavy (non-hydrogen) atoms. The number of benzene rings is 1. The Kier molecular flexibility index (Phi) is 6.53. The molecule has 0 radical (unpaired) electrons. The molecular formula is C24H31N3O3. The molecule has 2 aromatic rings. The number of carbonyl (C=O) groups excluding carboxylic acids is 2. The number of piperidine rings is 1. The summed E-state index contributed by atoms with van der Waals surface area (Å²) in [6.07, 6.45) is 6.57. The van der Waals surface area contributed by atoms with E-state index in [9.17, 15) is 9.59 Å². The quantitative estimate of drug-likeness (QED) is 0.703. The molecule has 0 aliphatic carbocycles. The van der Waals surface area contributed by atoms with E-state index in [1.165, 1.54) is 5.56 Å². The van der Waals surface area contributed by atoms with Crippen LogP contribution in [-0.4, -0.2) is 41.4 Å². The van der Waals surface area contributed by atoms with Crippen molar-refractivity contribution in [2.24, 2.45) is 0 Å². The van der Waals surface area contributed by atoms with E-state index in [2.05, 4.69) is 39.8 Å². The Morgan fingerprint density at radius 2 is 1.97 bits per heavy atom. The van der Waals surface area contributed by atoms with Crippen molar-refractivity contribution in [2.45, 2.75) is 63.1 Å². The minimum atomic E-state index is -0.370. The van der Waals surface area contributed by atoms with Crippen LogP contribution in [0.3, 0.4) is 0 Å². The van der Waals surface area contributed by atoms with Crippen molar-refractivity contribution in [1.29, 1.82) is 0 Å². The first-order valence-corrected chi connectivity index (χ1v) is 11.0. The molecule has 4 rings (SSSR count). The summed E-state index contributed by atoms with van der Waals surface area (Å²) in [6.45, 7) is 2.97. The van der Waals surface area contributed by atoms with Crippen molar-refractivity contribution in [3.8, 4) is 0 Å². The summed E-state index contributed by atoms with van der Waals surface area (Å²) < 4.78 is 5.48. The van der Waals surface area contributed by atoms with Gasteiger partial charge in [-0.05, 0) is 43.4 Å². The molecule has 1 aromatic carbocycles. The van der Waals surface area contributed by atoms with E-state index in [0.29, 0.717) is 25.7 Å². The first-order chi connectivity index (χ1) is 14.6. The molecule has 2 fully saturated rings. The minimum Gasteiger partial charge on any atom is -0.469 e. The maximum absolute atomic E-state index is 12.6. The fourth-order valence-corrected chi connectivity index (χ4v) is 4.66. The highest BCUT2D eigenvalue weighted by Crippen LogP contribution is 2.29. The average Bonchev–Trinajstić information content (AvgIpc) is 3.39. The van der Waals surface area contributed by atoms with Crippen molar-refractivity contribution < 1.29 is 14.0 Å². The van der Waals surface area contributed by atoms with Crippen LogP contribution in [-0.2, 0) is 22.6 Å². The minimum absolute atomic E-state index is 0.0627. The summed E-state index contributed by atoms with van der Waals surface area (Å²) in [5.74, 6) is 0.993. The third kappa shape index (κ3) is 5.51. The number of hydrogen-bond acceptors (Lipinski definition) is 4. The van der Waals surface area contributed by atoms with Crippen LogP contribution in [0.15, 0.2) is 53.1 Å². The lowest BCUT2D eigenvalue weighted by molar-refractivity contribution is -0.123. The van der Waals surface area contributed by atoms with E-state index < -0.39 is 0 Å². The zero-order chi connectivity index (χ0) is 20.8. The lowest BCUT2D eigenvalue weighted by Crippen LogP contribution is -2.46. The molecule has 0 bridgehead atoms. The molecule has 0 saturated carbocycles. The van der Waals surface area contributed by atoms with Gasteiger partial charge in [0.2, 0.25) is 11.8 Å². The van der Waals surface area contributed by atoms with E-state index in [-0.39, 0.29) is 23.4 Å². The lowest BCUT2D eigenvalue weighted by Gasteiger charge is -2.33. The highest BCUT2D eigenvalue weighted by atomic mass is 16.3. The second kappa shape index (κ2) is 9.47. The third-order valence-electron chi connectivity index (χ3n) is 6.36. The molecule has 2 amide bonds. The predicted octanol–water partition coefficient (Wildman–Crippen LogP) is 3.03.